The Morgan fingerprint density at radius 2 is 1.68 bits per heavy atom. The lowest BCUT2D eigenvalue weighted by Gasteiger charge is -2.39. The number of nitrogens with zero attached hydrogens (tertiary/aromatic N) is 3. The maximum absolute atomic E-state index is 13.7. The number of hydrogen-bond donors (Lipinski definition) is 1. The van der Waals surface area contributed by atoms with Gasteiger partial charge in [-0.15, -0.1) is 0 Å². The van der Waals surface area contributed by atoms with E-state index in [1.54, 1.807) is 18.5 Å². The summed E-state index contributed by atoms with van der Waals surface area (Å²) in [6, 6.07) is 22.6. The van der Waals surface area contributed by atoms with Gasteiger partial charge in [-0.3, -0.25) is 0 Å². The first-order valence-corrected chi connectivity index (χ1v) is 10.2. The van der Waals surface area contributed by atoms with Crippen LogP contribution in [0.4, 0.5) is 10.3 Å². The van der Waals surface area contributed by atoms with Crippen LogP contribution in [0.1, 0.15) is 34.4 Å². The molecule has 2 atom stereocenters. The molecule has 1 aromatic heterocycles. The van der Waals surface area contributed by atoms with Crippen molar-refractivity contribution >= 4 is 11.6 Å². The third kappa shape index (κ3) is 2.83. The van der Waals surface area contributed by atoms with Crippen molar-refractivity contribution in [1.29, 1.82) is 0 Å². The number of anilines is 1. The molecule has 0 spiro atoms. The van der Waals surface area contributed by atoms with Gasteiger partial charge in [0.25, 0.3) is 0 Å². The molecule has 0 bridgehead atoms. The number of nitrogens with one attached hydrogen (secondary N) is 1. The van der Waals surface area contributed by atoms with E-state index in [0.717, 1.165) is 33.7 Å². The second-order valence-corrected chi connectivity index (χ2v) is 7.84. The van der Waals surface area contributed by atoms with Gasteiger partial charge < -0.3 is 10.1 Å². The average molecular weight is 410 g/mol. The fourth-order valence-electron chi connectivity index (χ4n) is 4.40. The van der Waals surface area contributed by atoms with Crippen LogP contribution in [0.5, 0.6) is 5.75 Å². The molecule has 6 rings (SSSR count). The molecule has 0 saturated heterocycles. The number of rotatable bonds is 2. The lowest BCUT2D eigenvalue weighted by molar-refractivity contribution is 0.223. The molecule has 4 aromatic rings. The number of benzene rings is 3. The van der Waals surface area contributed by atoms with E-state index in [9.17, 15) is 4.39 Å². The van der Waals surface area contributed by atoms with Crippen LogP contribution in [0.3, 0.4) is 0 Å². The number of aryl methyl sites for hydroxylation is 1. The van der Waals surface area contributed by atoms with Crippen molar-refractivity contribution in [2.24, 2.45) is 0 Å². The first-order chi connectivity index (χ1) is 15.2. The summed E-state index contributed by atoms with van der Waals surface area (Å²) >= 11 is 0. The number of ether oxygens (including phenoxy) is 1. The molecule has 6 heteroatoms. The summed E-state index contributed by atoms with van der Waals surface area (Å²) in [5, 5.41) is 7.99. The van der Waals surface area contributed by atoms with E-state index in [-0.39, 0.29) is 11.9 Å². The molecule has 0 unspecified atom stereocenters. The summed E-state index contributed by atoms with van der Waals surface area (Å²) < 4.78 is 22.1. The van der Waals surface area contributed by atoms with E-state index in [0.29, 0.717) is 5.95 Å². The quantitative estimate of drug-likeness (QED) is 0.488. The number of halogens is 1. The van der Waals surface area contributed by atoms with Crippen molar-refractivity contribution in [1.82, 2.24) is 14.8 Å². The van der Waals surface area contributed by atoms with Gasteiger partial charge in [0.2, 0.25) is 5.95 Å². The molecule has 5 nitrogen and oxygen atoms in total. The lowest BCUT2D eigenvalue weighted by atomic mass is 9.84. The Morgan fingerprint density at radius 1 is 0.935 bits per heavy atom. The Balaban J connectivity index is 1.62. The number of para-hydroxylation sites is 1. The van der Waals surface area contributed by atoms with Gasteiger partial charge in [0.15, 0.2) is 0 Å². The zero-order valence-corrected chi connectivity index (χ0v) is 16.8. The Kier molecular flexibility index (Phi) is 3.93. The molecule has 31 heavy (non-hydrogen) atoms. The predicted molar refractivity (Wildman–Crippen MR) is 116 cm³/mol. The molecule has 152 valence electrons. The zero-order chi connectivity index (χ0) is 20.9. The number of aromatic nitrogens is 3. The molecule has 0 fully saturated rings. The summed E-state index contributed by atoms with van der Waals surface area (Å²) in [5.41, 5.74) is 6.11. The fourth-order valence-corrected chi connectivity index (χ4v) is 4.40. The third-order valence-corrected chi connectivity index (χ3v) is 5.89. The van der Waals surface area contributed by atoms with Crippen LogP contribution in [0, 0.1) is 12.7 Å². The smallest absolute Gasteiger partial charge is 0.226 e. The molecular weight excluding hydrogens is 391 g/mol. The Bertz CT molecular complexity index is 1310. The largest absolute Gasteiger partial charge is 0.480 e. The molecule has 0 saturated carbocycles. The van der Waals surface area contributed by atoms with Crippen molar-refractivity contribution < 1.29 is 9.13 Å². The standard InChI is InChI=1S/C25H19FN4O/c1-15-6-8-16(9-7-15)23-21-22(29-25-27-14-28-30(23)25)19-4-2-3-5-20(19)31-24(21)17-10-12-18(26)13-11-17/h2-14,23-24H,1H3,(H,27,28,29)/t23-,24+/m0/s1. The first-order valence-electron chi connectivity index (χ1n) is 10.2. The minimum Gasteiger partial charge on any atom is -0.480 e. The first kappa shape index (κ1) is 17.9. The Labute approximate surface area is 178 Å². The van der Waals surface area contributed by atoms with E-state index in [1.807, 2.05) is 28.9 Å². The van der Waals surface area contributed by atoms with Gasteiger partial charge in [0.1, 0.15) is 30.0 Å². The van der Waals surface area contributed by atoms with Gasteiger partial charge >= 0.3 is 0 Å². The topological polar surface area (TPSA) is 52.0 Å². The van der Waals surface area contributed by atoms with Gasteiger partial charge in [0.05, 0.1) is 5.70 Å². The van der Waals surface area contributed by atoms with E-state index in [4.69, 9.17) is 4.74 Å². The van der Waals surface area contributed by atoms with Gasteiger partial charge in [-0.2, -0.15) is 10.1 Å². The van der Waals surface area contributed by atoms with Crippen LogP contribution in [-0.4, -0.2) is 14.8 Å². The molecule has 3 aromatic carbocycles. The van der Waals surface area contributed by atoms with Gasteiger partial charge in [-0.1, -0.05) is 54.1 Å². The fraction of sp³-hybridized carbons (Fsp3) is 0.120. The van der Waals surface area contributed by atoms with Crippen LogP contribution in [0.15, 0.2) is 84.7 Å². The molecule has 0 radical (unpaired) electrons. The molecular formula is C25H19FN4O. The Morgan fingerprint density at radius 3 is 2.48 bits per heavy atom. The van der Waals surface area contributed by atoms with Gasteiger partial charge in [-0.05, 0) is 42.3 Å². The SMILES string of the molecule is Cc1ccc([C@H]2C3=C(Nc4ncnn42)c2ccccc2O[C@@H]3c2ccc(F)cc2)cc1. The normalized spacial score (nSPS) is 19.0. The minimum absolute atomic E-state index is 0.210. The van der Waals surface area contributed by atoms with E-state index >= 15 is 0 Å². The summed E-state index contributed by atoms with van der Waals surface area (Å²) in [5.74, 6) is 1.18. The highest BCUT2D eigenvalue weighted by Crippen LogP contribution is 2.50. The number of fused-ring (bicyclic) bond motifs is 3. The highest BCUT2D eigenvalue weighted by molar-refractivity contribution is 5.85. The summed E-state index contributed by atoms with van der Waals surface area (Å²) in [4.78, 5) is 4.44. The monoisotopic (exact) mass is 410 g/mol. The molecule has 1 N–H and O–H groups in total. The van der Waals surface area contributed by atoms with Crippen molar-refractivity contribution in [2.75, 3.05) is 5.32 Å². The lowest BCUT2D eigenvalue weighted by Crippen LogP contribution is -2.32. The van der Waals surface area contributed by atoms with Crippen LogP contribution in [0.25, 0.3) is 5.70 Å². The highest BCUT2D eigenvalue weighted by atomic mass is 19.1. The summed E-state index contributed by atoms with van der Waals surface area (Å²) in [7, 11) is 0. The second kappa shape index (κ2) is 6.80. The van der Waals surface area contributed by atoms with Gasteiger partial charge in [0, 0.05) is 11.1 Å². The maximum Gasteiger partial charge on any atom is 0.226 e. The molecule has 2 aliphatic rings. The summed E-state index contributed by atoms with van der Waals surface area (Å²) in [6.45, 7) is 2.07. The van der Waals surface area contributed by atoms with Gasteiger partial charge in [-0.25, -0.2) is 9.07 Å². The van der Waals surface area contributed by atoms with Crippen molar-refractivity contribution in [3.63, 3.8) is 0 Å². The zero-order valence-electron chi connectivity index (χ0n) is 16.8. The molecule has 3 heterocycles. The van der Waals surface area contributed by atoms with E-state index < -0.39 is 6.10 Å². The van der Waals surface area contributed by atoms with E-state index in [2.05, 4.69) is 46.6 Å². The van der Waals surface area contributed by atoms with Crippen molar-refractivity contribution in [3.05, 3.63) is 113 Å². The minimum atomic E-state index is -0.401. The van der Waals surface area contributed by atoms with Crippen LogP contribution in [0.2, 0.25) is 0 Å². The molecule has 2 aliphatic heterocycles. The highest BCUT2D eigenvalue weighted by Gasteiger charge is 2.40. The predicted octanol–water partition coefficient (Wildman–Crippen LogP) is 5.29. The van der Waals surface area contributed by atoms with Crippen LogP contribution >= 0.6 is 0 Å². The second-order valence-electron chi connectivity index (χ2n) is 7.84. The van der Waals surface area contributed by atoms with E-state index in [1.165, 1.54) is 17.7 Å². The summed E-state index contributed by atoms with van der Waals surface area (Å²) in [6.07, 6.45) is 1.16. The number of hydrogen-bond acceptors (Lipinski definition) is 4. The average Bonchev–Trinajstić information content (AvgIpc) is 3.27. The molecule has 0 aliphatic carbocycles. The van der Waals surface area contributed by atoms with Crippen LogP contribution in [-0.2, 0) is 0 Å². The Hall–Kier alpha value is -3.93. The maximum atomic E-state index is 13.7. The third-order valence-electron chi connectivity index (χ3n) is 5.89. The van der Waals surface area contributed by atoms with Crippen molar-refractivity contribution in [2.45, 2.75) is 19.1 Å². The molecule has 0 amide bonds. The van der Waals surface area contributed by atoms with Crippen molar-refractivity contribution in [3.8, 4) is 5.75 Å². The van der Waals surface area contributed by atoms with Crippen LogP contribution < -0.4 is 10.1 Å².